The average molecular weight is 272 g/mol. The number of hydrogen-bond donors (Lipinski definition) is 2. The van der Waals surface area contributed by atoms with Crippen LogP contribution in [0.25, 0.3) is 0 Å². The number of aliphatic hydroxyl groups excluding tert-OH is 2. The summed E-state index contributed by atoms with van der Waals surface area (Å²) >= 11 is 0. The molecule has 17 heavy (non-hydrogen) atoms. The second-order valence-electron chi connectivity index (χ2n) is 3.11. The molecule has 0 aliphatic rings. The molecule has 8 heteroatoms. The minimum atomic E-state index is -3.07. The van der Waals surface area contributed by atoms with E-state index in [0.29, 0.717) is 0 Å². The molecule has 0 unspecified atom stereocenters. The fourth-order valence-corrected chi connectivity index (χ4v) is 1.78. The van der Waals surface area contributed by atoms with Crippen LogP contribution in [0, 0.1) is 0 Å². The molecule has 0 fully saturated rings. The predicted molar refractivity (Wildman–Crippen MR) is 61.2 cm³/mol. The lowest BCUT2D eigenvalue weighted by Gasteiger charge is -2.14. The van der Waals surface area contributed by atoms with Crippen molar-refractivity contribution in [3.8, 4) is 0 Å². The van der Waals surface area contributed by atoms with Gasteiger partial charge in [0.15, 0.2) is 0 Å². The molecular formula is C9H21O7P. The van der Waals surface area contributed by atoms with Crippen molar-refractivity contribution >= 4 is 7.60 Å². The van der Waals surface area contributed by atoms with Gasteiger partial charge in [-0.05, 0) is 0 Å². The molecule has 0 aromatic heterocycles. The maximum Gasteiger partial charge on any atom is 0.327 e. The van der Waals surface area contributed by atoms with Crippen molar-refractivity contribution in [1.82, 2.24) is 0 Å². The molecule has 2 N–H and O–H groups in total. The minimum absolute atomic E-state index is 0.0531. The summed E-state index contributed by atoms with van der Waals surface area (Å²) < 4.78 is 31.5. The zero-order chi connectivity index (χ0) is 13.0. The third-order valence-corrected chi connectivity index (χ3v) is 2.88. The summed E-state index contributed by atoms with van der Waals surface area (Å²) in [7, 11) is -3.07. The number of ether oxygens (including phenoxy) is 2. The minimum Gasteiger partial charge on any atom is -0.394 e. The highest BCUT2D eigenvalue weighted by atomic mass is 31.2. The van der Waals surface area contributed by atoms with E-state index in [9.17, 15) is 4.57 Å². The van der Waals surface area contributed by atoms with Gasteiger partial charge in [0.1, 0.15) is 0 Å². The van der Waals surface area contributed by atoms with E-state index in [1.165, 1.54) is 6.66 Å². The summed E-state index contributed by atoms with van der Waals surface area (Å²) in [5.74, 6) is 0. The lowest BCUT2D eigenvalue weighted by atomic mass is 10.7. The monoisotopic (exact) mass is 272 g/mol. The summed E-state index contributed by atoms with van der Waals surface area (Å²) in [6.45, 7) is 2.51. The standard InChI is InChI=1S/C9H21O7P/c1-17(12,15-8-6-13-4-2-10)16-9-7-14-5-3-11/h10-11H,2-9H2,1H3. The van der Waals surface area contributed by atoms with Gasteiger partial charge >= 0.3 is 7.60 Å². The van der Waals surface area contributed by atoms with E-state index in [4.69, 9.17) is 28.7 Å². The van der Waals surface area contributed by atoms with Crippen molar-refractivity contribution in [3.05, 3.63) is 0 Å². The van der Waals surface area contributed by atoms with Gasteiger partial charge in [0.25, 0.3) is 0 Å². The average Bonchev–Trinajstić information content (AvgIpc) is 2.28. The molecule has 0 atom stereocenters. The molecule has 7 nitrogen and oxygen atoms in total. The second-order valence-corrected chi connectivity index (χ2v) is 5.17. The van der Waals surface area contributed by atoms with E-state index < -0.39 is 7.60 Å². The molecule has 0 bridgehead atoms. The van der Waals surface area contributed by atoms with Crippen molar-refractivity contribution in [3.63, 3.8) is 0 Å². The summed E-state index contributed by atoms with van der Waals surface area (Å²) in [4.78, 5) is 0. The summed E-state index contributed by atoms with van der Waals surface area (Å²) in [5, 5.41) is 16.9. The predicted octanol–water partition coefficient (Wildman–Crippen LogP) is -0.140. The molecule has 0 spiro atoms. The highest BCUT2D eigenvalue weighted by Crippen LogP contribution is 2.43. The van der Waals surface area contributed by atoms with Crippen LogP contribution >= 0.6 is 7.60 Å². The van der Waals surface area contributed by atoms with Gasteiger partial charge < -0.3 is 28.7 Å². The van der Waals surface area contributed by atoms with Crippen LogP contribution in [0.15, 0.2) is 0 Å². The van der Waals surface area contributed by atoms with Crippen LogP contribution in [0.4, 0.5) is 0 Å². The highest BCUT2D eigenvalue weighted by Gasteiger charge is 2.16. The molecule has 0 aromatic carbocycles. The third kappa shape index (κ3) is 12.2. The van der Waals surface area contributed by atoms with E-state index in [2.05, 4.69) is 0 Å². The van der Waals surface area contributed by atoms with Gasteiger partial charge in [-0.25, -0.2) is 0 Å². The van der Waals surface area contributed by atoms with Gasteiger partial charge in [-0.3, -0.25) is 4.57 Å². The molecule has 0 aliphatic heterocycles. The summed E-state index contributed by atoms with van der Waals surface area (Å²) in [5.41, 5.74) is 0. The maximum atomic E-state index is 11.6. The summed E-state index contributed by atoms with van der Waals surface area (Å²) in [6, 6.07) is 0. The molecule has 0 saturated carbocycles. The molecule has 0 saturated heterocycles. The number of aliphatic hydroxyl groups is 2. The molecular weight excluding hydrogens is 251 g/mol. The maximum absolute atomic E-state index is 11.6. The molecule has 0 rings (SSSR count). The fourth-order valence-electron chi connectivity index (χ4n) is 0.895. The van der Waals surface area contributed by atoms with Crippen LogP contribution in [0.5, 0.6) is 0 Å². The molecule has 0 amide bonds. The first-order valence-corrected chi connectivity index (χ1v) is 7.35. The quantitative estimate of drug-likeness (QED) is 0.377. The molecule has 104 valence electrons. The lowest BCUT2D eigenvalue weighted by molar-refractivity contribution is 0.0535. The Morgan fingerprint density at radius 1 is 0.824 bits per heavy atom. The summed E-state index contributed by atoms with van der Waals surface area (Å²) in [6.07, 6.45) is 0. The van der Waals surface area contributed by atoms with Crippen molar-refractivity contribution in [2.45, 2.75) is 0 Å². The Labute approximate surface area is 101 Å². The van der Waals surface area contributed by atoms with Gasteiger partial charge in [-0.15, -0.1) is 0 Å². The normalized spacial score (nSPS) is 11.9. The van der Waals surface area contributed by atoms with E-state index >= 15 is 0 Å². The van der Waals surface area contributed by atoms with Gasteiger partial charge in [-0.2, -0.15) is 0 Å². The van der Waals surface area contributed by atoms with Crippen molar-refractivity contribution in [2.75, 3.05) is 59.5 Å². The van der Waals surface area contributed by atoms with E-state index in [-0.39, 0.29) is 52.9 Å². The van der Waals surface area contributed by atoms with Crippen molar-refractivity contribution < 1.29 is 33.3 Å². The first kappa shape index (κ1) is 17.0. The molecule has 0 aromatic rings. The third-order valence-electron chi connectivity index (χ3n) is 1.58. The van der Waals surface area contributed by atoms with Crippen molar-refractivity contribution in [1.29, 1.82) is 0 Å². The van der Waals surface area contributed by atoms with E-state index in [1.54, 1.807) is 0 Å². The van der Waals surface area contributed by atoms with Gasteiger partial charge in [0.2, 0.25) is 0 Å². The first-order chi connectivity index (χ1) is 8.12. The van der Waals surface area contributed by atoms with Gasteiger partial charge in [0.05, 0.1) is 52.9 Å². The van der Waals surface area contributed by atoms with Crippen LogP contribution in [0.3, 0.4) is 0 Å². The van der Waals surface area contributed by atoms with Crippen LogP contribution in [-0.4, -0.2) is 69.7 Å². The SMILES string of the molecule is CP(=O)(OCCOCCO)OCCOCCO. The molecule has 0 aliphatic carbocycles. The van der Waals surface area contributed by atoms with Crippen LogP contribution in [-0.2, 0) is 23.1 Å². The Morgan fingerprint density at radius 3 is 1.59 bits per heavy atom. The zero-order valence-electron chi connectivity index (χ0n) is 10.0. The Morgan fingerprint density at radius 2 is 1.24 bits per heavy atom. The highest BCUT2D eigenvalue weighted by molar-refractivity contribution is 7.52. The van der Waals surface area contributed by atoms with Crippen LogP contribution < -0.4 is 0 Å². The van der Waals surface area contributed by atoms with Gasteiger partial charge in [0, 0.05) is 6.66 Å². The fraction of sp³-hybridized carbons (Fsp3) is 1.00. The van der Waals surface area contributed by atoms with Crippen LogP contribution in [0.2, 0.25) is 0 Å². The Balaban J connectivity index is 3.42. The second kappa shape index (κ2) is 11.1. The molecule has 0 radical (unpaired) electrons. The zero-order valence-corrected chi connectivity index (χ0v) is 10.9. The van der Waals surface area contributed by atoms with E-state index in [0.717, 1.165) is 0 Å². The van der Waals surface area contributed by atoms with E-state index in [1.807, 2.05) is 0 Å². The molecule has 0 heterocycles. The Bertz CT molecular complexity index is 194. The smallest absolute Gasteiger partial charge is 0.327 e. The van der Waals surface area contributed by atoms with Gasteiger partial charge in [-0.1, -0.05) is 0 Å². The largest absolute Gasteiger partial charge is 0.394 e. The van der Waals surface area contributed by atoms with Crippen LogP contribution in [0.1, 0.15) is 0 Å². The lowest BCUT2D eigenvalue weighted by Crippen LogP contribution is -2.09. The first-order valence-electron chi connectivity index (χ1n) is 5.36. The Kier molecular flexibility index (Phi) is 11.1. The topological polar surface area (TPSA) is 94.5 Å². The Hall–Kier alpha value is -0.0100. The van der Waals surface area contributed by atoms with Crippen molar-refractivity contribution in [2.24, 2.45) is 0 Å². The number of hydrogen-bond acceptors (Lipinski definition) is 7. The number of rotatable bonds is 12.